The summed E-state index contributed by atoms with van der Waals surface area (Å²) in [6, 6.07) is 13.8. The number of benzene rings is 2. The zero-order valence-corrected chi connectivity index (χ0v) is 17.8. The Hall–Kier alpha value is -2.90. The third-order valence-corrected chi connectivity index (χ3v) is 5.83. The molecule has 2 fully saturated rings. The van der Waals surface area contributed by atoms with E-state index in [1.54, 1.807) is 34.1 Å². The molecule has 4 rings (SSSR count). The van der Waals surface area contributed by atoms with Gasteiger partial charge >= 0.3 is 0 Å². The van der Waals surface area contributed by atoms with E-state index < -0.39 is 6.04 Å². The van der Waals surface area contributed by atoms with Gasteiger partial charge in [-0.2, -0.15) is 0 Å². The van der Waals surface area contributed by atoms with Crippen LogP contribution in [0.15, 0.2) is 48.5 Å². The topological polar surface area (TPSA) is 79.0 Å². The van der Waals surface area contributed by atoms with Gasteiger partial charge in [0.2, 0.25) is 11.8 Å². The summed E-state index contributed by atoms with van der Waals surface area (Å²) in [6.45, 7) is 1.70. The summed E-state index contributed by atoms with van der Waals surface area (Å²) in [5.41, 5.74) is 2.30. The van der Waals surface area contributed by atoms with E-state index in [-0.39, 0.29) is 30.7 Å². The van der Waals surface area contributed by atoms with Gasteiger partial charge in [0, 0.05) is 29.5 Å². The van der Waals surface area contributed by atoms with E-state index in [1.165, 1.54) is 0 Å². The fourth-order valence-electron chi connectivity index (χ4n) is 3.96. The molecule has 0 saturated carbocycles. The summed E-state index contributed by atoms with van der Waals surface area (Å²) in [5, 5.41) is 3.47. The zero-order valence-electron chi connectivity index (χ0n) is 17.1. The van der Waals surface area contributed by atoms with Gasteiger partial charge < -0.3 is 19.9 Å². The van der Waals surface area contributed by atoms with Crippen LogP contribution in [-0.2, 0) is 25.5 Å². The van der Waals surface area contributed by atoms with E-state index in [2.05, 4.69) is 5.32 Å². The fourth-order valence-corrected chi connectivity index (χ4v) is 4.08. The molecule has 3 amide bonds. The maximum absolute atomic E-state index is 12.9. The van der Waals surface area contributed by atoms with E-state index in [0.717, 1.165) is 17.7 Å². The summed E-state index contributed by atoms with van der Waals surface area (Å²) in [4.78, 5) is 41.0. The molecule has 1 unspecified atom stereocenters. The number of carbonyl (C=O) groups is 3. The largest absolute Gasteiger partial charge is 0.370 e. The van der Waals surface area contributed by atoms with Crippen molar-refractivity contribution in [1.82, 2.24) is 4.90 Å². The Balaban J connectivity index is 1.37. The van der Waals surface area contributed by atoms with Crippen molar-refractivity contribution in [3.05, 3.63) is 59.1 Å². The molecule has 2 heterocycles. The van der Waals surface area contributed by atoms with E-state index in [9.17, 15) is 14.4 Å². The van der Waals surface area contributed by atoms with Crippen LogP contribution in [0.4, 0.5) is 11.4 Å². The highest BCUT2D eigenvalue weighted by Gasteiger charge is 2.34. The number of nitrogens with zero attached hydrogens (tertiary/aromatic N) is 2. The quantitative estimate of drug-likeness (QED) is 0.773. The number of ether oxygens (including phenoxy) is 1. The molecule has 8 heteroatoms. The van der Waals surface area contributed by atoms with Crippen molar-refractivity contribution >= 4 is 40.7 Å². The van der Waals surface area contributed by atoms with Crippen molar-refractivity contribution in [2.24, 2.45) is 0 Å². The Morgan fingerprint density at radius 2 is 1.81 bits per heavy atom. The lowest BCUT2D eigenvalue weighted by Crippen LogP contribution is -2.43. The molecule has 0 bridgehead atoms. The lowest BCUT2D eigenvalue weighted by molar-refractivity contribution is -0.136. The third kappa shape index (κ3) is 5.06. The molecule has 0 aliphatic carbocycles. The van der Waals surface area contributed by atoms with Crippen LogP contribution >= 0.6 is 11.6 Å². The monoisotopic (exact) mass is 441 g/mol. The molecule has 2 aliphatic heterocycles. The highest BCUT2D eigenvalue weighted by Crippen LogP contribution is 2.23. The van der Waals surface area contributed by atoms with Gasteiger partial charge in [0.05, 0.1) is 13.0 Å². The predicted molar refractivity (Wildman–Crippen MR) is 118 cm³/mol. The van der Waals surface area contributed by atoms with Gasteiger partial charge in [0.1, 0.15) is 12.6 Å². The molecule has 162 valence electrons. The van der Waals surface area contributed by atoms with Gasteiger partial charge in [-0.3, -0.25) is 14.4 Å². The third-order valence-electron chi connectivity index (χ3n) is 5.58. The minimum Gasteiger partial charge on any atom is -0.370 e. The summed E-state index contributed by atoms with van der Waals surface area (Å²) in [7, 11) is 0. The summed E-state index contributed by atoms with van der Waals surface area (Å²) in [5.74, 6) is -0.333. The SMILES string of the molecule is O=C(Nc1ccc(Cl)cc1)C1CCCN1C(=O)Cc1ccc(N2CCOCC2=O)cc1. The fraction of sp³-hybridized carbons (Fsp3) is 0.348. The van der Waals surface area contributed by atoms with Gasteiger partial charge in [-0.25, -0.2) is 0 Å². The van der Waals surface area contributed by atoms with Crippen molar-refractivity contribution in [2.75, 3.05) is 36.5 Å². The van der Waals surface area contributed by atoms with Gasteiger partial charge in [0.25, 0.3) is 5.91 Å². The lowest BCUT2D eigenvalue weighted by atomic mass is 10.1. The molecule has 2 aromatic carbocycles. The molecule has 7 nitrogen and oxygen atoms in total. The second-order valence-corrected chi connectivity index (χ2v) is 8.12. The Kier molecular flexibility index (Phi) is 6.53. The van der Waals surface area contributed by atoms with E-state index in [4.69, 9.17) is 16.3 Å². The van der Waals surface area contributed by atoms with E-state index in [0.29, 0.717) is 36.8 Å². The molecule has 2 saturated heterocycles. The molecule has 0 spiro atoms. The van der Waals surface area contributed by atoms with Crippen molar-refractivity contribution in [2.45, 2.75) is 25.3 Å². The summed E-state index contributed by atoms with van der Waals surface area (Å²) >= 11 is 5.89. The smallest absolute Gasteiger partial charge is 0.253 e. The minimum atomic E-state index is -0.478. The number of anilines is 2. The van der Waals surface area contributed by atoms with E-state index in [1.807, 2.05) is 24.3 Å². The number of hydrogen-bond acceptors (Lipinski definition) is 4. The molecule has 2 aromatic rings. The first-order valence-electron chi connectivity index (χ1n) is 10.3. The van der Waals surface area contributed by atoms with Crippen LogP contribution in [0.2, 0.25) is 5.02 Å². The van der Waals surface area contributed by atoms with Crippen LogP contribution in [0.5, 0.6) is 0 Å². The van der Waals surface area contributed by atoms with Gasteiger partial charge in [-0.05, 0) is 54.8 Å². The average molecular weight is 442 g/mol. The molecule has 0 radical (unpaired) electrons. The zero-order chi connectivity index (χ0) is 21.8. The highest BCUT2D eigenvalue weighted by atomic mass is 35.5. The predicted octanol–water partition coefficient (Wildman–Crippen LogP) is 2.88. The van der Waals surface area contributed by atoms with Gasteiger partial charge in [-0.15, -0.1) is 0 Å². The Morgan fingerprint density at radius 3 is 2.52 bits per heavy atom. The maximum Gasteiger partial charge on any atom is 0.253 e. The van der Waals surface area contributed by atoms with Gasteiger partial charge in [-0.1, -0.05) is 23.7 Å². The number of hydrogen-bond donors (Lipinski definition) is 1. The first-order chi connectivity index (χ1) is 15.0. The molecular weight excluding hydrogens is 418 g/mol. The molecule has 0 aromatic heterocycles. The van der Waals surface area contributed by atoms with Gasteiger partial charge in [0.15, 0.2) is 0 Å². The van der Waals surface area contributed by atoms with Crippen LogP contribution in [0.1, 0.15) is 18.4 Å². The minimum absolute atomic E-state index is 0.0679. The number of morpholine rings is 1. The molecule has 1 N–H and O–H groups in total. The van der Waals surface area contributed by atoms with Crippen molar-refractivity contribution in [3.8, 4) is 0 Å². The lowest BCUT2D eigenvalue weighted by Gasteiger charge is -2.27. The molecular formula is C23H24ClN3O4. The Morgan fingerprint density at radius 1 is 1.06 bits per heavy atom. The number of carbonyl (C=O) groups excluding carboxylic acids is 3. The average Bonchev–Trinajstić information content (AvgIpc) is 3.27. The van der Waals surface area contributed by atoms with Crippen LogP contribution in [0.3, 0.4) is 0 Å². The van der Waals surface area contributed by atoms with Crippen LogP contribution in [-0.4, -0.2) is 55.0 Å². The Bertz CT molecular complexity index is 962. The highest BCUT2D eigenvalue weighted by molar-refractivity contribution is 6.30. The standard InChI is InChI=1S/C23H24ClN3O4/c24-17-5-7-18(8-6-17)25-23(30)20-2-1-11-27(20)21(28)14-16-3-9-19(10-4-16)26-12-13-31-15-22(26)29/h3-10,20H,1-2,11-15H2,(H,25,30). The normalized spacial score (nSPS) is 18.9. The van der Waals surface area contributed by atoms with Crippen molar-refractivity contribution in [3.63, 3.8) is 0 Å². The number of amides is 3. The van der Waals surface area contributed by atoms with Crippen molar-refractivity contribution in [1.29, 1.82) is 0 Å². The number of halogens is 1. The van der Waals surface area contributed by atoms with Crippen LogP contribution in [0.25, 0.3) is 0 Å². The van der Waals surface area contributed by atoms with Crippen LogP contribution in [0, 0.1) is 0 Å². The summed E-state index contributed by atoms with van der Waals surface area (Å²) < 4.78 is 5.16. The number of rotatable bonds is 5. The number of likely N-dealkylation sites (tertiary alicyclic amines) is 1. The van der Waals surface area contributed by atoms with E-state index >= 15 is 0 Å². The molecule has 1 atom stereocenters. The first-order valence-corrected chi connectivity index (χ1v) is 10.7. The maximum atomic E-state index is 12.9. The molecule has 31 heavy (non-hydrogen) atoms. The number of nitrogens with one attached hydrogen (secondary N) is 1. The van der Waals surface area contributed by atoms with Crippen molar-refractivity contribution < 1.29 is 19.1 Å². The summed E-state index contributed by atoms with van der Waals surface area (Å²) in [6.07, 6.45) is 1.65. The second-order valence-electron chi connectivity index (χ2n) is 7.68. The Labute approximate surface area is 185 Å². The first kappa shape index (κ1) is 21.3. The molecule has 2 aliphatic rings. The second kappa shape index (κ2) is 9.49. The van der Waals surface area contributed by atoms with Crippen LogP contribution < -0.4 is 10.2 Å².